The first-order valence-electron chi connectivity index (χ1n) is 12.0. The van der Waals surface area contributed by atoms with Crippen LogP contribution in [0.5, 0.6) is 5.75 Å². The molecule has 0 atom stereocenters. The van der Waals surface area contributed by atoms with E-state index in [-0.39, 0.29) is 0 Å². The van der Waals surface area contributed by atoms with Gasteiger partial charge in [0, 0.05) is 31.1 Å². The van der Waals surface area contributed by atoms with Crippen LogP contribution in [0.2, 0.25) is 0 Å². The first-order valence-corrected chi connectivity index (χ1v) is 12.0. The Kier molecular flexibility index (Phi) is 7.86. The molecule has 0 aliphatic carbocycles. The first-order chi connectivity index (χ1) is 16.1. The molecule has 8 nitrogen and oxygen atoms in total. The lowest BCUT2D eigenvalue weighted by Gasteiger charge is -2.30. The molecule has 2 N–H and O–H groups in total. The number of aromatic nitrogens is 2. The summed E-state index contributed by atoms with van der Waals surface area (Å²) in [7, 11) is 7.95. The molecule has 2 aliphatic heterocycles. The molecule has 2 aliphatic rings. The van der Waals surface area contributed by atoms with Crippen molar-refractivity contribution in [3.63, 3.8) is 0 Å². The molecule has 0 bridgehead atoms. The molecule has 0 spiro atoms. The highest BCUT2D eigenvalue weighted by atomic mass is 16.5. The van der Waals surface area contributed by atoms with Crippen molar-refractivity contribution in [2.24, 2.45) is 0 Å². The number of anilines is 2. The van der Waals surface area contributed by atoms with Gasteiger partial charge in [0.15, 0.2) is 0 Å². The number of nitrogens with one attached hydrogen (secondary N) is 2. The third-order valence-corrected chi connectivity index (χ3v) is 6.56. The molecule has 2 aromatic rings. The van der Waals surface area contributed by atoms with Gasteiger partial charge in [0.05, 0.1) is 24.7 Å². The van der Waals surface area contributed by atoms with E-state index < -0.39 is 0 Å². The maximum Gasteiger partial charge on any atom is 0.227 e. The summed E-state index contributed by atoms with van der Waals surface area (Å²) >= 11 is 0. The van der Waals surface area contributed by atoms with Crippen molar-refractivity contribution >= 4 is 22.7 Å². The fourth-order valence-electron chi connectivity index (χ4n) is 4.48. The fraction of sp³-hybridized carbons (Fsp3) is 0.600. The number of fused-ring (bicyclic) bond motifs is 1. The molecule has 0 unspecified atom stereocenters. The third kappa shape index (κ3) is 5.85. The van der Waals surface area contributed by atoms with E-state index in [2.05, 4.69) is 51.3 Å². The quantitative estimate of drug-likeness (QED) is 0.668. The standard InChI is InChI=1S/C25H37N7O/c1-26-10-5-7-19-17-22-21(18-23(19)33-4)24(27-20-8-13-31(3)14-9-20)29-25(28-22)32-12-6-11-30(2)15-16-32/h17-18,20,26H,6,8-16H2,1-4H3,(H,27,28,29). The average molecular weight is 452 g/mol. The SMILES string of the molecule is CNCC#Cc1cc2nc(N3CCCN(C)CC3)nc(NC3CCN(C)CC3)c2cc1OC. The molecule has 2 fully saturated rings. The van der Waals surface area contributed by atoms with Crippen molar-refractivity contribution in [1.29, 1.82) is 0 Å². The zero-order chi connectivity index (χ0) is 23.2. The van der Waals surface area contributed by atoms with Crippen molar-refractivity contribution in [3.05, 3.63) is 17.7 Å². The highest BCUT2D eigenvalue weighted by Crippen LogP contribution is 2.31. The molecular weight excluding hydrogens is 414 g/mol. The van der Waals surface area contributed by atoms with Gasteiger partial charge >= 0.3 is 0 Å². The minimum atomic E-state index is 0.406. The second-order valence-electron chi connectivity index (χ2n) is 9.14. The van der Waals surface area contributed by atoms with Crippen LogP contribution in [0.4, 0.5) is 11.8 Å². The molecule has 178 valence electrons. The summed E-state index contributed by atoms with van der Waals surface area (Å²) in [5.41, 5.74) is 1.76. The Morgan fingerprint density at radius 1 is 1.03 bits per heavy atom. The number of methoxy groups -OCH3 is 1. The van der Waals surface area contributed by atoms with Gasteiger partial charge in [0.2, 0.25) is 5.95 Å². The van der Waals surface area contributed by atoms with E-state index in [1.807, 2.05) is 19.2 Å². The second-order valence-corrected chi connectivity index (χ2v) is 9.14. The summed E-state index contributed by atoms with van der Waals surface area (Å²) in [6.07, 6.45) is 3.33. The second kappa shape index (κ2) is 11.0. The van der Waals surface area contributed by atoms with E-state index in [0.29, 0.717) is 12.6 Å². The number of hydrogen-bond acceptors (Lipinski definition) is 8. The number of hydrogen-bond donors (Lipinski definition) is 2. The van der Waals surface area contributed by atoms with Gasteiger partial charge in [-0.05, 0) is 72.2 Å². The number of ether oxygens (including phenoxy) is 1. The van der Waals surface area contributed by atoms with Gasteiger partial charge in [-0.1, -0.05) is 11.8 Å². The lowest BCUT2D eigenvalue weighted by Crippen LogP contribution is -2.37. The van der Waals surface area contributed by atoms with Crippen molar-refractivity contribution in [2.45, 2.75) is 25.3 Å². The van der Waals surface area contributed by atoms with E-state index in [4.69, 9.17) is 14.7 Å². The summed E-state index contributed by atoms with van der Waals surface area (Å²) in [5, 5.41) is 7.81. The minimum Gasteiger partial charge on any atom is -0.495 e. The number of likely N-dealkylation sites (N-methyl/N-ethyl adjacent to an activating group) is 1. The van der Waals surface area contributed by atoms with Crippen LogP contribution >= 0.6 is 0 Å². The largest absolute Gasteiger partial charge is 0.495 e. The predicted molar refractivity (Wildman–Crippen MR) is 135 cm³/mol. The summed E-state index contributed by atoms with van der Waals surface area (Å²) in [5.74, 6) is 8.83. The number of likely N-dealkylation sites (tertiary alicyclic amines) is 1. The van der Waals surface area contributed by atoms with Gasteiger partial charge in [-0.3, -0.25) is 0 Å². The first kappa shape index (κ1) is 23.6. The van der Waals surface area contributed by atoms with Gasteiger partial charge in [-0.25, -0.2) is 4.98 Å². The zero-order valence-electron chi connectivity index (χ0n) is 20.4. The van der Waals surface area contributed by atoms with Gasteiger partial charge < -0.3 is 30.1 Å². The maximum absolute atomic E-state index is 5.69. The van der Waals surface area contributed by atoms with Crippen LogP contribution in [-0.2, 0) is 0 Å². The normalized spacial score (nSPS) is 18.6. The van der Waals surface area contributed by atoms with Crippen molar-refractivity contribution in [3.8, 4) is 17.6 Å². The Morgan fingerprint density at radius 3 is 2.58 bits per heavy atom. The van der Waals surface area contributed by atoms with Gasteiger partial charge in [-0.15, -0.1) is 0 Å². The fourth-order valence-corrected chi connectivity index (χ4v) is 4.48. The highest BCUT2D eigenvalue weighted by molar-refractivity contribution is 5.92. The topological polar surface area (TPSA) is 68.8 Å². The Hall–Kier alpha value is -2.60. The smallest absolute Gasteiger partial charge is 0.227 e. The Morgan fingerprint density at radius 2 is 1.82 bits per heavy atom. The van der Waals surface area contributed by atoms with Crippen LogP contribution in [0.1, 0.15) is 24.8 Å². The van der Waals surface area contributed by atoms with Crippen LogP contribution in [-0.4, -0.2) is 99.9 Å². The van der Waals surface area contributed by atoms with E-state index in [1.54, 1.807) is 7.11 Å². The average Bonchev–Trinajstić information content (AvgIpc) is 3.04. The van der Waals surface area contributed by atoms with Crippen molar-refractivity contribution in [2.75, 3.05) is 84.3 Å². The van der Waals surface area contributed by atoms with Gasteiger partial charge in [0.1, 0.15) is 11.6 Å². The summed E-state index contributed by atoms with van der Waals surface area (Å²) in [6, 6.07) is 4.49. The number of piperidine rings is 1. The molecule has 3 heterocycles. The van der Waals surface area contributed by atoms with Gasteiger partial charge in [0.25, 0.3) is 0 Å². The molecule has 2 saturated heterocycles. The molecule has 0 amide bonds. The molecule has 0 saturated carbocycles. The lowest BCUT2D eigenvalue weighted by atomic mass is 10.0. The van der Waals surface area contributed by atoms with Crippen LogP contribution in [0.3, 0.4) is 0 Å². The zero-order valence-corrected chi connectivity index (χ0v) is 20.4. The van der Waals surface area contributed by atoms with Crippen LogP contribution in [0.15, 0.2) is 12.1 Å². The maximum atomic E-state index is 5.69. The van der Waals surface area contributed by atoms with Gasteiger partial charge in [-0.2, -0.15) is 4.98 Å². The molecule has 1 aromatic carbocycles. The lowest BCUT2D eigenvalue weighted by molar-refractivity contribution is 0.264. The Bertz CT molecular complexity index is 1010. The van der Waals surface area contributed by atoms with Crippen molar-refractivity contribution in [1.82, 2.24) is 25.1 Å². The number of rotatable bonds is 5. The molecular formula is C25H37N7O. The number of nitrogens with zero attached hydrogens (tertiary/aromatic N) is 5. The third-order valence-electron chi connectivity index (χ3n) is 6.56. The monoisotopic (exact) mass is 451 g/mol. The van der Waals surface area contributed by atoms with E-state index >= 15 is 0 Å². The molecule has 0 radical (unpaired) electrons. The molecule has 33 heavy (non-hydrogen) atoms. The van der Waals surface area contributed by atoms with Crippen LogP contribution < -0.4 is 20.3 Å². The highest BCUT2D eigenvalue weighted by Gasteiger charge is 2.22. The van der Waals surface area contributed by atoms with Crippen molar-refractivity contribution < 1.29 is 4.74 Å². The summed E-state index contributed by atoms with van der Waals surface area (Å²) < 4.78 is 5.69. The van der Waals surface area contributed by atoms with Crippen LogP contribution in [0, 0.1) is 11.8 Å². The molecule has 1 aromatic heterocycles. The van der Waals surface area contributed by atoms with E-state index in [9.17, 15) is 0 Å². The van der Waals surface area contributed by atoms with E-state index in [1.165, 1.54) is 0 Å². The van der Waals surface area contributed by atoms with E-state index in [0.717, 1.165) is 92.5 Å². The molecule has 4 rings (SSSR count). The summed E-state index contributed by atoms with van der Waals surface area (Å²) in [6.45, 7) is 6.84. The summed E-state index contributed by atoms with van der Waals surface area (Å²) in [4.78, 5) is 17.1. The Labute approximate surface area is 197 Å². The predicted octanol–water partition coefficient (Wildman–Crippen LogP) is 1.86. The van der Waals surface area contributed by atoms with Crippen LogP contribution in [0.25, 0.3) is 10.9 Å². The Balaban J connectivity index is 1.75. The number of benzene rings is 1. The minimum absolute atomic E-state index is 0.406. The molecule has 8 heteroatoms.